The van der Waals surface area contributed by atoms with E-state index in [0.29, 0.717) is 30.1 Å². The molecular formula is C24H23Cl2F3N4O5S. The van der Waals surface area contributed by atoms with Crippen LogP contribution in [0.25, 0.3) is 0 Å². The molecule has 3 rings (SSSR count). The predicted molar refractivity (Wildman–Crippen MR) is 139 cm³/mol. The van der Waals surface area contributed by atoms with Gasteiger partial charge in [-0.15, -0.1) is 0 Å². The van der Waals surface area contributed by atoms with Crippen LogP contribution >= 0.6 is 23.2 Å². The van der Waals surface area contributed by atoms with Crippen LogP contribution in [0.3, 0.4) is 0 Å². The lowest BCUT2D eigenvalue weighted by molar-refractivity contribution is -0.137. The summed E-state index contributed by atoms with van der Waals surface area (Å²) < 4.78 is 65.4. The zero-order valence-corrected chi connectivity index (χ0v) is 22.9. The Bertz CT molecular complexity index is 1410. The minimum Gasteiger partial charge on any atom is -0.465 e. The Morgan fingerprint density at radius 3 is 2.26 bits per heavy atom. The van der Waals surface area contributed by atoms with Crippen LogP contribution < -0.4 is 0 Å². The molecule has 0 saturated heterocycles. The zero-order chi connectivity index (χ0) is 29.1. The van der Waals surface area contributed by atoms with Gasteiger partial charge in [-0.05, 0) is 17.7 Å². The third kappa shape index (κ3) is 7.10. The lowest BCUT2D eigenvalue weighted by Crippen LogP contribution is -2.33. The molecule has 0 unspecified atom stereocenters. The van der Waals surface area contributed by atoms with Crippen molar-refractivity contribution in [3.05, 3.63) is 75.3 Å². The van der Waals surface area contributed by atoms with Gasteiger partial charge in [0, 0.05) is 38.8 Å². The first-order valence-electron chi connectivity index (χ1n) is 11.2. The summed E-state index contributed by atoms with van der Waals surface area (Å²) in [5.74, 6) is -0.0768. The van der Waals surface area contributed by atoms with Crippen LogP contribution in [0.4, 0.5) is 18.0 Å². The number of alkyl halides is 3. The highest BCUT2D eigenvalue weighted by molar-refractivity contribution is 7.89. The molecule has 39 heavy (non-hydrogen) atoms. The number of halogens is 5. The monoisotopic (exact) mass is 606 g/mol. The molecule has 0 aromatic heterocycles. The van der Waals surface area contributed by atoms with Crippen molar-refractivity contribution in [2.24, 2.45) is 4.99 Å². The van der Waals surface area contributed by atoms with E-state index in [-0.39, 0.29) is 19.6 Å². The molecule has 9 nitrogen and oxygen atoms in total. The number of carbonyl (C=O) groups is 2. The fourth-order valence-electron chi connectivity index (χ4n) is 3.64. The second-order valence-corrected chi connectivity index (χ2v) is 11.3. The normalized spacial score (nSPS) is 14.3. The molecule has 2 aromatic carbocycles. The molecule has 1 aliphatic heterocycles. The van der Waals surface area contributed by atoms with E-state index in [9.17, 15) is 36.3 Å². The van der Waals surface area contributed by atoms with Gasteiger partial charge in [0.25, 0.3) is 0 Å². The topological polar surface area (TPSA) is 111 Å². The first-order valence-corrected chi connectivity index (χ1v) is 13.4. The Labute approximate surface area is 232 Å². The lowest BCUT2D eigenvalue weighted by atomic mass is 10.1. The summed E-state index contributed by atoms with van der Waals surface area (Å²) in [6.07, 6.45) is -3.40. The Morgan fingerprint density at radius 2 is 1.72 bits per heavy atom. The Morgan fingerprint density at radius 1 is 1.13 bits per heavy atom. The number of amides is 2. The number of likely N-dealkylation sites (N-methyl/N-ethyl adjacent to an activating group) is 2. The van der Waals surface area contributed by atoms with E-state index in [4.69, 9.17) is 23.2 Å². The maximum absolute atomic E-state index is 13.0. The van der Waals surface area contributed by atoms with Gasteiger partial charge in [0.05, 0.1) is 28.7 Å². The van der Waals surface area contributed by atoms with Gasteiger partial charge in [-0.3, -0.25) is 14.7 Å². The average molecular weight is 607 g/mol. The fraction of sp³-hybridized carbons (Fsp3) is 0.292. The molecule has 0 aliphatic carbocycles. The highest BCUT2D eigenvalue weighted by Crippen LogP contribution is 2.38. The Hall–Kier alpha value is -3.13. The van der Waals surface area contributed by atoms with E-state index in [2.05, 4.69) is 4.99 Å². The van der Waals surface area contributed by atoms with E-state index in [0.717, 1.165) is 20.8 Å². The molecule has 1 aliphatic rings. The van der Waals surface area contributed by atoms with Crippen molar-refractivity contribution < 1.29 is 36.3 Å². The summed E-state index contributed by atoms with van der Waals surface area (Å²) in [5, 5.41) is 7.90. The number of carbonyl (C=O) groups excluding carboxylic acids is 1. The van der Waals surface area contributed by atoms with E-state index in [1.54, 1.807) is 24.3 Å². The number of amidine groups is 1. The minimum absolute atomic E-state index is 0.212. The minimum atomic E-state index is -4.76. The van der Waals surface area contributed by atoms with Gasteiger partial charge in [-0.25, -0.2) is 13.2 Å². The molecule has 0 bridgehead atoms. The first-order chi connectivity index (χ1) is 18.1. The van der Waals surface area contributed by atoms with Crippen molar-refractivity contribution in [1.29, 1.82) is 0 Å². The van der Waals surface area contributed by atoms with Gasteiger partial charge in [-0.2, -0.15) is 17.5 Å². The summed E-state index contributed by atoms with van der Waals surface area (Å²) in [7, 11) is -1.67. The summed E-state index contributed by atoms with van der Waals surface area (Å²) in [4.78, 5) is 29.9. The van der Waals surface area contributed by atoms with Crippen molar-refractivity contribution in [3.8, 4) is 0 Å². The molecule has 15 heteroatoms. The molecule has 0 atom stereocenters. The largest absolute Gasteiger partial charge is 0.465 e. The lowest BCUT2D eigenvalue weighted by Gasteiger charge is -2.19. The number of nitrogens with zero attached hydrogens (tertiary/aromatic N) is 4. The fourth-order valence-corrected chi connectivity index (χ4v) is 5.92. The van der Waals surface area contributed by atoms with Gasteiger partial charge in [0.15, 0.2) is 0 Å². The van der Waals surface area contributed by atoms with Crippen LogP contribution in [0.2, 0.25) is 10.0 Å². The second kappa shape index (κ2) is 11.9. The third-order valence-electron chi connectivity index (χ3n) is 5.70. The highest BCUT2D eigenvalue weighted by atomic mass is 35.5. The van der Waals surface area contributed by atoms with Crippen molar-refractivity contribution in [2.75, 3.05) is 33.7 Å². The van der Waals surface area contributed by atoms with Crippen LogP contribution in [0.1, 0.15) is 16.7 Å². The quantitative estimate of drug-likeness (QED) is 0.442. The number of hydrogen-bond donors (Lipinski definition) is 1. The number of carboxylic acid groups (broad SMARTS) is 1. The molecule has 0 spiro atoms. The summed E-state index contributed by atoms with van der Waals surface area (Å²) in [6, 6.07) is 7.86. The van der Waals surface area contributed by atoms with Crippen molar-refractivity contribution in [3.63, 3.8) is 0 Å². The van der Waals surface area contributed by atoms with Gasteiger partial charge >= 0.3 is 12.3 Å². The van der Waals surface area contributed by atoms with E-state index in [1.807, 2.05) is 0 Å². The van der Waals surface area contributed by atoms with Crippen molar-refractivity contribution in [2.45, 2.75) is 17.6 Å². The van der Waals surface area contributed by atoms with Crippen LogP contribution in [-0.4, -0.2) is 79.2 Å². The molecule has 1 N–H and O–H groups in total. The van der Waals surface area contributed by atoms with Gasteiger partial charge in [0.1, 0.15) is 10.7 Å². The van der Waals surface area contributed by atoms with E-state index < -0.39 is 48.7 Å². The molecule has 1 heterocycles. The number of hydrogen-bond acceptors (Lipinski definition) is 5. The van der Waals surface area contributed by atoms with Gasteiger partial charge in [0.2, 0.25) is 15.9 Å². The summed E-state index contributed by atoms with van der Waals surface area (Å²) in [6.45, 7) is 0.598. The Kier molecular flexibility index (Phi) is 9.31. The second-order valence-electron chi connectivity index (χ2n) is 8.49. The molecule has 2 aromatic rings. The van der Waals surface area contributed by atoms with Crippen LogP contribution in [0, 0.1) is 0 Å². The van der Waals surface area contributed by atoms with Crippen LogP contribution in [0.5, 0.6) is 0 Å². The molecule has 0 radical (unpaired) electrons. The predicted octanol–water partition coefficient (Wildman–Crippen LogP) is 4.59. The van der Waals surface area contributed by atoms with E-state index >= 15 is 0 Å². The number of aliphatic imine (C=N–C) groups is 1. The molecule has 0 saturated carbocycles. The number of benzene rings is 2. The van der Waals surface area contributed by atoms with Crippen molar-refractivity contribution >= 4 is 51.1 Å². The third-order valence-corrected chi connectivity index (χ3v) is 8.44. The molecule has 210 valence electrons. The summed E-state index contributed by atoms with van der Waals surface area (Å²) in [5.41, 5.74) is 0.205. The highest BCUT2D eigenvalue weighted by Gasteiger charge is 2.35. The van der Waals surface area contributed by atoms with Gasteiger partial charge < -0.3 is 10.0 Å². The first kappa shape index (κ1) is 30.4. The van der Waals surface area contributed by atoms with Crippen LogP contribution in [0.15, 0.2) is 58.4 Å². The van der Waals surface area contributed by atoms with E-state index in [1.165, 1.54) is 25.1 Å². The smallest absolute Gasteiger partial charge is 0.416 e. The maximum Gasteiger partial charge on any atom is 0.416 e. The van der Waals surface area contributed by atoms with Crippen molar-refractivity contribution in [1.82, 2.24) is 14.1 Å². The maximum atomic E-state index is 13.0. The number of sulfonamides is 1. The SMILES string of the molecule is CN(Cc1ccc(C2=NCCN2C(=O)O)cc1)C(=O)/C=C/CN(C)S(=O)(=O)c1c(Cl)cc(C(F)(F)F)cc1Cl. The van der Waals surface area contributed by atoms with Crippen LogP contribution in [-0.2, 0) is 27.5 Å². The average Bonchev–Trinajstić information content (AvgIpc) is 3.33. The summed E-state index contributed by atoms with van der Waals surface area (Å²) >= 11 is 11.7. The molecular weight excluding hydrogens is 584 g/mol. The molecule has 0 fully saturated rings. The number of rotatable bonds is 8. The van der Waals surface area contributed by atoms with Gasteiger partial charge in [-0.1, -0.05) is 53.5 Å². The molecule has 2 amide bonds. The zero-order valence-electron chi connectivity index (χ0n) is 20.6. The Balaban J connectivity index is 1.62. The standard InChI is InChI=1S/C24H23Cl2F3N4O5S/c1-31(14-15-5-7-16(8-6-15)22-30-9-11-33(22)23(35)36)20(34)4-3-10-32(2)39(37,38)21-18(25)12-17(13-19(21)26)24(27,28)29/h3-8,12-13H,9-11,14H2,1-2H3,(H,35,36)/b4-3+.